The Balaban J connectivity index is 3.30. The van der Waals surface area contributed by atoms with Gasteiger partial charge in [-0.05, 0) is 20.3 Å². The van der Waals surface area contributed by atoms with Crippen LogP contribution in [-0.2, 0) is 19.1 Å². The molecular weight excluding hydrogens is 288 g/mol. The number of nitriles is 2. The Labute approximate surface area is 127 Å². The first-order valence-electron chi connectivity index (χ1n) is 6.71. The van der Waals surface area contributed by atoms with Crippen molar-refractivity contribution in [3.8, 4) is 12.1 Å². The maximum absolute atomic E-state index is 12.0. The van der Waals surface area contributed by atoms with E-state index in [0.717, 1.165) is 0 Å². The molecule has 116 valence electrons. The fraction of sp³-hybridized carbons (Fsp3) is 0.500. The summed E-state index contributed by atoms with van der Waals surface area (Å²) < 4.78 is 9.81. The van der Waals surface area contributed by atoms with E-state index in [-0.39, 0.29) is 36.7 Å². The highest BCUT2D eigenvalue weighted by molar-refractivity contribution is 6.02. The summed E-state index contributed by atoms with van der Waals surface area (Å²) in [6.07, 6.45) is -0.0464. The Hall–Kier alpha value is -2.87. The molecule has 8 nitrogen and oxygen atoms in total. The maximum Gasteiger partial charge on any atom is 0.316 e. The lowest BCUT2D eigenvalue weighted by atomic mass is 9.86. The lowest BCUT2D eigenvalue weighted by Gasteiger charge is -2.26. The average Bonchev–Trinajstić information content (AvgIpc) is 2.49. The monoisotopic (exact) mass is 304 g/mol. The molecule has 1 aliphatic heterocycles. The fourth-order valence-electron chi connectivity index (χ4n) is 2.04. The van der Waals surface area contributed by atoms with Crippen molar-refractivity contribution in [1.29, 1.82) is 10.5 Å². The van der Waals surface area contributed by atoms with Crippen molar-refractivity contribution in [1.82, 2.24) is 0 Å². The van der Waals surface area contributed by atoms with Crippen LogP contribution in [0.3, 0.4) is 0 Å². The van der Waals surface area contributed by atoms with Crippen LogP contribution < -0.4 is 5.73 Å². The molecule has 0 aliphatic carbocycles. The second kappa shape index (κ2) is 7.79. The second-order valence-electron chi connectivity index (χ2n) is 4.37. The van der Waals surface area contributed by atoms with Gasteiger partial charge >= 0.3 is 11.9 Å². The van der Waals surface area contributed by atoms with Crippen molar-refractivity contribution >= 4 is 17.8 Å². The first-order chi connectivity index (χ1) is 10.5. The van der Waals surface area contributed by atoms with Crippen molar-refractivity contribution in [2.24, 2.45) is 22.6 Å². The molecular formula is C14H16N4O4. The Morgan fingerprint density at radius 2 is 1.68 bits per heavy atom. The third-order valence-electron chi connectivity index (χ3n) is 3.03. The Kier molecular flexibility index (Phi) is 6.09. The lowest BCUT2D eigenvalue weighted by molar-refractivity contribution is -0.149. The van der Waals surface area contributed by atoms with Gasteiger partial charge < -0.3 is 15.2 Å². The molecule has 8 heteroatoms. The van der Waals surface area contributed by atoms with Gasteiger partial charge in [0.25, 0.3) is 0 Å². The smallest absolute Gasteiger partial charge is 0.316 e. The maximum atomic E-state index is 12.0. The molecule has 0 fully saturated rings. The minimum absolute atomic E-state index is 0.0464. The summed E-state index contributed by atoms with van der Waals surface area (Å²) in [6.45, 7) is 3.56. The number of carbonyl (C=O) groups excluding carboxylic acids is 2. The van der Waals surface area contributed by atoms with E-state index in [4.69, 9.17) is 25.7 Å². The summed E-state index contributed by atoms with van der Waals surface area (Å²) in [6, 6.07) is 3.34. The zero-order valence-electron chi connectivity index (χ0n) is 12.3. The number of rotatable bonds is 4. The molecule has 0 radical (unpaired) electrons. The van der Waals surface area contributed by atoms with Gasteiger partial charge in [0, 0.05) is 0 Å². The molecule has 0 aromatic rings. The number of amidine groups is 1. The van der Waals surface area contributed by atoms with Gasteiger partial charge in [-0.25, -0.2) is 4.99 Å². The summed E-state index contributed by atoms with van der Waals surface area (Å²) in [5.74, 6) is -3.26. The number of nitrogens with two attached hydrogens (primary N) is 1. The molecule has 0 saturated carbocycles. The SMILES string of the molecule is CCOC(=O)C1CC(C(=O)OCC)C(=C(C#N)C#N)N=C1N. The van der Waals surface area contributed by atoms with E-state index in [9.17, 15) is 9.59 Å². The molecule has 2 atom stereocenters. The van der Waals surface area contributed by atoms with E-state index in [1.165, 1.54) is 0 Å². The van der Waals surface area contributed by atoms with Gasteiger partial charge in [-0.3, -0.25) is 9.59 Å². The van der Waals surface area contributed by atoms with Crippen LogP contribution in [0.2, 0.25) is 0 Å². The van der Waals surface area contributed by atoms with Crippen LogP contribution >= 0.6 is 0 Å². The molecule has 0 bridgehead atoms. The van der Waals surface area contributed by atoms with E-state index in [1.54, 1.807) is 26.0 Å². The normalized spacial score (nSPS) is 20.2. The van der Waals surface area contributed by atoms with Crippen molar-refractivity contribution < 1.29 is 19.1 Å². The van der Waals surface area contributed by atoms with Crippen molar-refractivity contribution in [3.05, 3.63) is 11.3 Å². The molecule has 0 spiro atoms. The molecule has 1 rings (SSSR count). The summed E-state index contributed by atoms with van der Waals surface area (Å²) in [7, 11) is 0. The number of esters is 2. The third kappa shape index (κ3) is 3.61. The lowest BCUT2D eigenvalue weighted by Crippen LogP contribution is -2.40. The van der Waals surface area contributed by atoms with Gasteiger partial charge in [0.15, 0.2) is 5.57 Å². The number of aliphatic imine (C=N–C) groups is 1. The van der Waals surface area contributed by atoms with E-state index >= 15 is 0 Å². The highest BCUT2D eigenvalue weighted by Crippen LogP contribution is 2.31. The predicted octanol–water partition coefficient (Wildman–Crippen LogP) is 0.407. The van der Waals surface area contributed by atoms with E-state index in [0.29, 0.717) is 0 Å². The number of allylic oxidation sites excluding steroid dienone is 1. The van der Waals surface area contributed by atoms with Crippen LogP contribution in [0.25, 0.3) is 0 Å². The molecule has 0 amide bonds. The van der Waals surface area contributed by atoms with Gasteiger partial charge in [-0.15, -0.1) is 0 Å². The number of hydrogen-bond acceptors (Lipinski definition) is 8. The van der Waals surface area contributed by atoms with Crippen LogP contribution in [-0.4, -0.2) is 31.0 Å². The number of nitrogens with zero attached hydrogens (tertiary/aromatic N) is 3. The van der Waals surface area contributed by atoms with Gasteiger partial charge in [0.05, 0.1) is 18.9 Å². The summed E-state index contributed by atoms with van der Waals surface area (Å²) in [5, 5.41) is 17.9. The van der Waals surface area contributed by atoms with Gasteiger partial charge in [0.2, 0.25) is 0 Å². The molecule has 1 heterocycles. The van der Waals surface area contributed by atoms with Gasteiger partial charge in [0.1, 0.15) is 29.8 Å². The first kappa shape index (κ1) is 17.2. The zero-order valence-corrected chi connectivity index (χ0v) is 12.3. The van der Waals surface area contributed by atoms with Gasteiger partial charge in [-0.1, -0.05) is 0 Å². The van der Waals surface area contributed by atoms with Crippen LogP contribution in [0.5, 0.6) is 0 Å². The fourth-order valence-corrected chi connectivity index (χ4v) is 2.04. The van der Waals surface area contributed by atoms with Crippen LogP contribution in [0.15, 0.2) is 16.3 Å². The molecule has 2 N–H and O–H groups in total. The summed E-state index contributed by atoms with van der Waals surface area (Å²) >= 11 is 0. The molecule has 1 aliphatic rings. The quantitative estimate of drug-likeness (QED) is 0.586. The second-order valence-corrected chi connectivity index (χ2v) is 4.37. The Bertz CT molecular complexity index is 593. The number of carbonyl (C=O) groups is 2. The molecule has 2 unspecified atom stereocenters. The third-order valence-corrected chi connectivity index (χ3v) is 3.03. The number of hydrogen-bond donors (Lipinski definition) is 1. The molecule has 22 heavy (non-hydrogen) atoms. The number of ether oxygens (including phenoxy) is 2. The largest absolute Gasteiger partial charge is 0.465 e. The van der Waals surface area contributed by atoms with Crippen molar-refractivity contribution in [3.63, 3.8) is 0 Å². The molecule has 0 aromatic heterocycles. The van der Waals surface area contributed by atoms with Crippen LogP contribution in [0.1, 0.15) is 20.3 Å². The Morgan fingerprint density at radius 3 is 2.14 bits per heavy atom. The minimum atomic E-state index is -1.00. The topological polar surface area (TPSA) is 139 Å². The predicted molar refractivity (Wildman–Crippen MR) is 74.7 cm³/mol. The summed E-state index contributed by atoms with van der Waals surface area (Å²) in [4.78, 5) is 27.8. The van der Waals surface area contributed by atoms with Crippen molar-refractivity contribution in [2.45, 2.75) is 20.3 Å². The van der Waals surface area contributed by atoms with Crippen molar-refractivity contribution in [2.75, 3.05) is 13.2 Å². The zero-order chi connectivity index (χ0) is 16.7. The highest BCUT2D eigenvalue weighted by Gasteiger charge is 2.39. The first-order valence-corrected chi connectivity index (χ1v) is 6.71. The summed E-state index contributed by atoms with van der Waals surface area (Å²) in [5.41, 5.74) is 5.33. The highest BCUT2D eigenvalue weighted by atomic mass is 16.5. The average molecular weight is 304 g/mol. The minimum Gasteiger partial charge on any atom is -0.465 e. The van der Waals surface area contributed by atoms with E-state index in [2.05, 4.69) is 4.99 Å². The Morgan fingerprint density at radius 1 is 1.18 bits per heavy atom. The molecule has 0 aromatic carbocycles. The van der Waals surface area contributed by atoms with Gasteiger partial charge in [-0.2, -0.15) is 10.5 Å². The van der Waals surface area contributed by atoms with E-state index in [1.807, 2.05) is 0 Å². The van der Waals surface area contributed by atoms with Crippen LogP contribution in [0, 0.1) is 34.5 Å². The standard InChI is InChI=1S/C14H16N4O4/c1-3-21-13(19)9-5-10(14(20)22-4-2)12(17)18-11(9)8(6-15)7-16/h9-10H,3-5H2,1-2H3,(H2,17,18). The van der Waals surface area contributed by atoms with Crippen LogP contribution in [0.4, 0.5) is 0 Å². The van der Waals surface area contributed by atoms with E-state index < -0.39 is 23.8 Å². The molecule has 0 saturated heterocycles.